The predicted molar refractivity (Wildman–Crippen MR) is 149 cm³/mol. The highest BCUT2D eigenvalue weighted by atomic mass is 16.6. The summed E-state index contributed by atoms with van der Waals surface area (Å²) in [6, 6.07) is 13.2. The van der Waals surface area contributed by atoms with Gasteiger partial charge in [0.15, 0.2) is 0 Å². The first-order chi connectivity index (χ1) is 17.2. The van der Waals surface area contributed by atoms with E-state index in [0.29, 0.717) is 23.4 Å². The quantitative estimate of drug-likeness (QED) is 0.326. The van der Waals surface area contributed by atoms with Crippen molar-refractivity contribution in [3.05, 3.63) is 68.8 Å². The first-order valence-corrected chi connectivity index (χ1v) is 14.4. The van der Waals surface area contributed by atoms with Gasteiger partial charge in [0.1, 0.15) is 5.69 Å². The van der Waals surface area contributed by atoms with Crippen LogP contribution in [0.1, 0.15) is 120 Å². The van der Waals surface area contributed by atoms with Crippen molar-refractivity contribution in [2.75, 3.05) is 11.9 Å². The molecule has 4 heteroatoms. The molecule has 0 amide bonds. The lowest BCUT2D eigenvalue weighted by molar-refractivity contribution is -0.384. The highest BCUT2D eigenvalue weighted by Gasteiger charge is 2.51. The molecule has 4 nitrogen and oxygen atoms in total. The molecule has 0 aliphatic heterocycles. The number of benzene rings is 2. The molecule has 194 valence electrons. The number of rotatable bonds is 6. The molecule has 0 bridgehead atoms. The maximum absolute atomic E-state index is 12.0. The average Bonchev–Trinajstić information content (AvgIpc) is 2.87. The first kappa shape index (κ1) is 25.3. The third kappa shape index (κ3) is 4.57. The van der Waals surface area contributed by atoms with E-state index in [-0.39, 0.29) is 21.4 Å². The predicted octanol–water partition coefficient (Wildman–Crippen LogP) is 8.89. The maximum atomic E-state index is 12.0. The molecular formula is C32H44N2O2. The Kier molecular flexibility index (Phi) is 6.91. The van der Waals surface area contributed by atoms with Gasteiger partial charge in [-0.2, -0.15) is 0 Å². The van der Waals surface area contributed by atoms with E-state index >= 15 is 0 Å². The standard InChI is InChI=1S/C32H44N2O2/c1-22(2)24-11-14-27-26(19-24)13-16-30-31(3,17-8-18-32(27,30)4)21-33-28-15-12-25(20-29(28)34(35)36)23-9-6-5-7-10-23/h11-12,14-15,19-20,22-23,30,33H,5-10,13,16-18,21H2,1-4H3/t30-,31+,32+/m0/s1. The number of nitrogens with zero attached hydrogens (tertiary/aromatic N) is 1. The number of anilines is 1. The number of fused-ring (bicyclic) bond motifs is 3. The largest absolute Gasteiger partial charge is 0.379 e. The third-order valence-corrected chi connectivity index (χ3v) is 10.1. The van der Waals surface area contributed by atoms with E-state index in [0.717, 1.165) is 31.4 Å². The molecule has 0 saturated heterocycles. The molecule has 3 atom stereocenters. The molecule has 2 aromatic rings. The van der Waals surface area contributed by atoms with E-state index in [1.807, 2.05) is 12.1 Å². The Morgan fingerprint density at radius 1 is 1.00 bits per heavy atom. The monoisotopic (exact) mass is 488 g/mol. The lowest BCUT2D eigenvalue weighted by atomic mass is 9.49. The summed E-state index contributed by atoms with van der Waals surface area (Å²) >= 11 is 0. The van der Waals surface area contributed by atoms with Crippen molar-refractivity contribution in [3.8, 4) is 0 Å². The van der Waals surface area contributed by atoms with Gasteiger partial charge in [-0.05, 0) is 95.4 Å². The number of hydrogen-bond donors (Lipinski definition) is 1. The molecular weight excluding hydrogens is 444 g/mol. The van der Waals surface area contributed by atoms with E-state index in [1.54, 1.807) is 11.1 Å². The van der Waals surface area contributed by atoms with Crippen molar-refractivity contribution in [2.24, 2.45) is 11.3 Å². The van der Waals surface area contributed by atoms with E-state index in [1.165, 1.54) is 50.5 Å². The maximum Gasteiger partial charge on any atom is 0.292 e. The van der Waals surface area contributed by atoms with Crippen LogP contribution < -0.4 is 5.32 Å². The van der Waals surface area contributed by atoms with Crippen LogP contribution in [0.25, 0.3) is 0 Å². The Hall–Kier alpha value is -2.36. The molecule has 0 radical (unpaired) electrons. The van der Waals surface area contributed by atoms with Crippen molar-refractivity contribution >= 4 is 11.4 Å². The summed E-state index contributed by atoms with van der Waals surface area (Å²) in [6.45, 7) is 10.3. The summed E-state index contributed by atoms with van der Waals surface area (Å²) in [4.78, 5) is 11.9. The summed E-state index contributed by atoms with van der Waals surface area (Å²) in [5, 5.41) is 15.6. The minimum absolute atomic E-state index is 0.108. The van der Waals surface area contributed by atoms with Crippen LogP contribution in [0.15, 0.2) is 36.4 Å². The number of hydrogen-bond acceptors (Lipinski definition) is 3. The van der Waals surface area contributed by atoms with Gasteiger partial charge in [0.2, 0.25) is 0 Å². The first-order valence-electron chi connectivity index (χ1n) is 14.4. The van der Waals surface area contributed by atoms with Crippen LogP contribution >= 0.6 is 0 Å². The molecule has 0 aromatic heterocycles. The molecule has 36 heavy (non-hydrogen) atoms. The highest BCUT2D eigenvalue weighted by molar-refractivity contribution is 5.63. The van der Waals surface area contributed by atoms with Crippen molar-refractivity contribution in [1.29, 1.82) is 0 Å². The van der Waals surface area contributed by atoms with E-state index in [9.17, 15) is 10.1 Å². The molecule has 2 fully saturated rings. The molecule has 0 heterocycles. The minimum Gasteiger partial charge on any atom is -0.379 e. The van der Waals surface area contributed by atoms with Crippen LogP contribution in [0.4, 0.5) is 11.4 Å². The zero-order valence-corrected chi connectivity index (χ0v) is 22.7. The number of nitrogens with one attached hydrogen (secondary N) is 1. The van der Waals surface area contributed by atoms with Gasteiger partial charge in [-0.25, -0.2) is 0 Å². The van der Waals surface area contributed by atoms with Gasteiger partial charge in [-0.1, -0.05) is 77.6 Å². The summed E-state index contributed by atoms with van der Waals surface area (Å²) in [5.41, 5.74) is 6.91. The van der Waals surface area contributed by atoms with Crippen LogP contribution in [0.5, 0.6) is 0 Å². The van der Waals surface area contributed by atoms with Gasteiger partial charge in [0.05, 0.1) is 4.92 Å². The summed E-state index contributed by atoms with van der Waals surface area (Å²) in [5.74, 6) is 1.60. The Bertz CT molecular complexity index is 1120. The van der Waals surface area contributed by atoms with E-state index < -0.39 is 0 Å². The van der Waals surface area contributed by atoms with E-state index in [2.05, 4.69) is 57.3 Å². The Morgan fingerprint density at radius 2 is 1.78 bits per heavy atom. The van der Waals surface area contributed by atoms with Gasteiger partial charge in [-0.3, -0.25) is 10.1 Å². The van der Waals surface area contributed by atoms with Gasteiger partial charge < -0.3 is 5.32 Å². The van der Waals surface area contributed by atoms with Crippen molar-refractivity contribution in [2.45, 2.75) is 109 Å². The number of nitro groups is 1. The molecule has 5 rings (SSSR count). The number of nitro benzene ring substituents is 1. The summed E-state index contributed by atoms with van der Waals surface area (Å²) in [6.07, 6.45) is 12.0. The Morgan fingerprint density at radius 3 is 2.50 bits per heavy atom. The summed E-state index contributed by atoms with van der Waals surface area (Å²) < 4.78 is 0. The van der Waals surface area contributed by atoms with Crippen molar-refractivity contribution in [3.63, 3.8) is 0 Å². The second-order valence-corrected chi connectivity index (χ2v) is 12.8. The van der Waals surface area contributed by atoms with Gasteiger partial charge in [0, 0.05) is 12.6 Å². The van der Waals surface area contributed by atoms with Crippen LogP contribution in [0.3, 0.4) is 0 Å². The van der Waals surface area contributed by atoms with Gasteiger partial charge in [0.25, 0.3) is 5.69 Å². The zero-order chi connectivity index (χ0) is 25.5. The zero-order valence-electron chi connectivity index (χ0n) is 22.7. The molecule has 2 aromatic carbocycles. The Balaban J connectivity index is 1.38. The number of aryl methyl sites for hydroxylation is 1. The molecule has 0 spiro atoms. The van der Waals surface area contributed by atoms with E-state index in [4.69, 9.17) is 0 Å². The lowest BCUT2D eigenvalue weighted by Crippen LogP contribution is -2.51. The fourth-order valence-electron chi connectivity index (χ4n) is 8.05. The topological polar surface area (TPSA) is 55.2 Å². The summed E-state index contributed by atoms with van der Waals surface area (Å²) in [7, 11) is 0. The van der Waals surface area contributed by atoms with Crippen LogP contribution in [0.2, 0.25) is 0 Å². The minimum atomic E-state index is -0.189. The Labute approximate surface area is 217 Å². The molecule has 1 N–H and O–H groups in total. The lowest BCUT2D eigenvalue weighted by Gasteiger charge is -2.55. The second-order valence-electron chi connectivity index (χ2n) is 12.8. The SMILES string of the molecule is CC(C)c1ccc2c(c1)CC[C@H]1[C@@](C)(CNc3ccc(C4CCCCC4)cc3[N+](=O)[O-])CCC[C@]21C. The van der Waals surface area contributed by atoms with Crippen molar-refractivity contribution < 1.29 is 4.92 Å². The molecule has 0 unspecified atom stereocenters. The van der Waals surface area contributed by atoms with Crippen LogP contribution in [-0.4, -0.2) is 11.5 Å². The second kappa shape index (κ2) is 9.84. The van der Waals surface area contributed by atoms with Crippen molar-refractivity contribution in [1.82, 2.24) is 0 Å². The van der Waals surface area contributed by atoms with Gasteiger partial charge in [-0.15, -0.1) is 0 Å². The molecule has 2 saturated carbocycles. The van der Waals surface area contributed by atoms with Gasteiger partial charge >= 0.3 is 0 Å². The smallest absolute Gasteiger partial charge is 0.292 e. The van der Waals surface area contributed by atoms with Crippen LogP contribution in [-0.2, 0) is 11.8 Å². The normalized spacial score (nSPS) is 28.4. The fourth-order valence-corrected chi connectivity index (χ4v) is 8.05. The highest BCUT2D eigenvalue weighted by Crippen LogP contribution is 2.57. The average molecular weight is 489 g/mol. The third-order valence-electron chi connectivity index (χ3n) is 10.1. The molecule has 3 aliphatic carbocycles. The fraction of sp³-hybridized carbons (Fsp3) is 0.625. The van der Waals surface area contributed by atoms with Crippen LogP contribution in [0, 0.1) is 21.4 Å². The molecule has 3 aliphatic rings.